The van der Waals surface area contributed by atoms with Crippen LogP contribution in [0.4, 0.5) is 0 Å². The molecule has 3 heteroatoms. The smallest absolute Gasteiger partial charge is 0.156 e. The highest BCUT2D eigenvalue weighted by Gasteiger charge is 2.19. The maximum atomic E-state index is 4.15. The Morgan fingerprint density at radius 3 is 3.18 bits per heavy atom. The summed E-state index contributed by atoms with van der Waals surface area (Å²) in [4.78, 5) is 2.12. The molecule has 3 nitrogen and oxygen atoms in total. The van der Waals surface area contributed by atoms with E-state index in [2.05, 4.69) is 41.6 Å². The topological polar surface area (TPSA) is 27.6 Å². The Morgan fingerprint density at radius 1 is 1.55 bits per heavy atom. The number of rotatable bonds is 0. The molecule has 1 N–H and O–H groups in total. The Hall–Kier alpha value is -1.25. The molecule has 0 atom stereocenters. The molecule has 0 saturated carbocycles. The van der Waals surface area contributed by atoms with Crippen molar-refractivity contribution in [3.8, 4) is 0 Å². The van der Waals surface area contributed by atoms with E-state index in [1.54, 1.807) is 0 Å². The van der Waals surface area contributed by atoms with Gasteiger partial charge in [0.1, 0.15) is 6.67 Å². The summed E-state index contributed by atoms with van der Waals surface area (Å²) < 4.78 is 0. The number of nitrogens with one attached hydrogen (secondary N) is 1. The van der Waals surface area contributed by atoms with Gasteiger partial charge in [-0.3, -0.25) is 5.43 Å². The first-order valence-electron chi connectivity index (χ1n) is 3.71. The molecule has 2 aliphatic rings. The molecule has 0 saturated heterocycles. The molecule has 0 aromatic rings. The maximum absolute atomic E-state index is 4.15. The van der Waals surface area contributed by atoms with Gasteiger partial charge in [0.25, 0.3) is 0 Å². The van der Waals surface area contributed by atoms with E-state index >= 15 is 0 Å². The summed E-state index contributed by atoms with van der Waals surface area (Å²) in [6, 6.07) is 0. The molecule has 0 unspecified atom stereocenters. The second-order valence-corrected chi connectivity index (χ2v) is 2.92. The molecular weight excluding hydrogens is 138 g/mol. The van der Waals surface area contributed by atoms with E-state index in [4.69, 9.17) is 0 Å². The van der Waals surface area contributed by atoms with Crippen LogP contribution < -0.4 is 5.43 Å². The van der Waals surface area contributed by atoms with Crippen LogP contribution in [-0.4, -0.2) is 17.4 Å². The lowest BCUT2D eigenvalue weighted by Crippen LogP contribution is -2.26. The van der Waals surface area contributed by atoms with Gasteiger partial charge < -0.3 is 4.90 Å². The molecule has 2 heterocycles. The fraction of sp³-hybridized carbons (Fsp3) is 0.375. The summed E-state index contributed by atoms with van der Waals surface area (Å²) in [5.74, 6) is 1.05. The van der Waals surface area contributed by atoms with Crippen molar-refractivity contribution < 1.29 is 0 Å². The van der Waals surface area contributed by atoms with Crippen LogP contribution in [0, 0.1) is 0 Å². The van der Waals surface area contributed by atoms with Crippen molar-refractivity contribution in [1.29, 1.82) is 0 Å². The van der Waals surface area contributed by atoms with Crippen LogP contribution in [0.5, 0.6) is 0 Å². The van der Waals surface area contributed by atoms with Crippen LogP contribution in [-0.2, 0) is 0 Å². The van der Waals surface area contributed by atoms with Crippen molar-refractivity contribution in [3.63, 3.8) is 0 Å². The first-order chi connectivity index (χ1) is 5.27. The van der Waals surface area contributed by atoms with Crippen LogP contribution in [0.2, 0.25) is 0 Å². The van der Waals surface area contributed by atoms with Crippen molar-refractivity contribution in [2.45, 2.75) is 13.8 Å². The average Bonchev–Trinajstić information content (AvgIpc) is 2.34. The van der Waals surface area contributed by atoms with Crippen LogP contribution in [0.15, 0.2) is 28.5 Å². The Morgan fingerprint density at radius 2 is 2.36 bits per heavy atom. The molecule has 0 aromatic heterocycles. The van der Waals surface area contributed by atoms with E-state index in [-0.39, 0.29) is 0 Å². The molecule has 0 aliphatic carbocycles. The summed E-state index contributed by atoms with van der Waals surface area (Å²) in [6.07, 6.45) is 4.24. The summed E-state index contributed by atoms with van der Waals surface area (Å²) in [7, 11) is 0. The number of fused-ring (bicyclic) bond motifs is 1. The largest absolute Gasteiger partial charge is 0.312 e. The number of hydrogen-bond acceptors (Lipinski definition) is 3. The van der Waals surface area contributed by atoms with E-state index in [1.165, 1.54) is 11.1 Å². The predicted octanol–water partition coefficient (Wildman–Crippen LogP) is 1.03. The van der Waals surface area contributed by atoms with Gasteiger partial charge in [0.15, 0.2) is 5.84 Å². The first kappa shape index (κ1) is 6.46. The predicted molar refractivity (Wildman–Crippen MR) is 44.8 cm³/mol. The third-order valence-electron chi connectivity index (χ3n) is 1.85. The highest BCUT2D eigenvalue weighted by atomic mass is 15.5. The first-order valence-corrected chi connectivity index (χ1v) is 3.71. The van der Waals surface area contributed by atoms with E-state index in [0.29, 0.717) is 0 Å². The van der Waals surface area contributed by atoms with Gasteiger partial charge in [-0.05, 0) is 25.0 Å². The molecule has 0 spiro atoms. The number of allylic oxidation sites excluding steroid dienone is 2. The molecule has 0 radical (unpaired) electrons. The molecule has 2 aliphatic heterocycles. The van der Waals surface area contributed by atoms with Gasteiger partial charge in [0, 0.05) is 6.20 Å². The van der Waals surface area contributed by atoms with E-state index in [0.717, 1.165) is 12.5 Å². The van der Waals surface area contributed by atoms with E-state index < -0.39 is 0 Å². The zero-order chi connectivity index (χ0) is 7.84. The maximum Gasteiger partial charge on any atom is 0.156 e. The zero-order valence-corrected chi connectivity index (χ0v) is 6.76. The Kier molecular flexibility index (Phi) is 1.24. The standard InChI is InChI=1S/C8H11N3/c1-6-3-7(2)8-10-9-5-11(8)4-6/h3-4,9H,5H2,1-2H3. The summed E-state index contributed by atoms with van der Waals surface area (Å²) in [5.41, 5.74) is 5.46. The van der Waals surface area contributed by atoms with Crippen molar-refractivity contribution in [2.75, 3.05) is 6.67 Å². The summed E-state index contributed by atoms with van der Waals surface area (Å²) in [6.45, 7) is 4.98. The van der Waals surface area contributed by atoms with Crippen molar-refractivity contribution >= 4 is 5.84 Å². The van der Waals surface area contributed by atoms with E-state index in [1.807, 2.05) is 0 Å². The summed E-state index contributed by atoms with van der Waals surface area (Å²) in [5, 5.41) is 4.15. The zero-order valence-electron chi connectivity index (χ0n) is 6.76. The molecular formula is C8H11N3. The minimum Gasteiger partial charge on any atom is -0.312 e. The minimum absolute atomic E-state index is 0.803. The Balaban J connectivity index is 2.40. The molecule has 0 aromatic carbocycles. The highest BCUT2D eigenvalue weighted by molar-refractivity contribution is 6.00. The number of amidine groups is 1. The van der Waals surface area contributed by atoms with Crippen molar-refractivity contribution in [1.82, 2.24) is 10.3 Å². The van der Waals surface area contributed by atoms with Gasteiger partial charge in [0.2, 0.25) is 0 Å². The molecule has 2 rings (SSSR count). The molecule has 0 amide bonds. The van der Waals surface area contributed by atoms with Gasteiger partial charge in [-0.25, -0.2) is 0 Å². The monoisotopic (exact) mass is 149 g/mol. The normalized spacial score (nSPS) is 21.6. The van der Waals surface area contributed by atoms with E-state index in [9.17, 15) is 0 Å². The second-order valence-electron chi connectivity index (χ2n) is 2.92. The molecule has 58 valence electrons. The van der Waals surface area contributed by atoms with Gasteiger partial charge in [0.05, 0.1) is 0 Å². The number of nitrogens with zero attached hydrogens (tertiary/aromatic N) is 2. The molecule has 0 fully saturated rings. The quantitative estimate of drug-likeness (QED) is 0.557. The lowest BCUT2D eigenvalue weighted by atomic mass is 10.1. The van der Waals surface area contributed by atoms with Crippen molar-refractivity contribution in [3.05, 3.63) is 23.4 Å². The third kappa shape index (κ3) is 0.926. The van der Waals surface area contributed by atoms with Crippen LogP contribution >= 0.6 is 0 Å². The molecule has 0 bridgehead atoms. The Labute approximate surface area is 66.1 Å². The lowest BCUT2D eigenvalue weighted by molar-refractivity contribution is 0.545. The fourth-order valence-corrected chi connectivity index (χ4v) is 1.44. The lowest BCUT2D eigenvalue weighted by Gasteiger charge is -2.19. The van der Waals surface area contributed by atoms with Gasteiger partial charge in [-0.1, -0.05) is 6.08 Å². The average molecular weight is 149 g/mol. The Bertz CT molecular complexity index is 273. The summed E-state index contributed by atoms with van der Waals surface area (Å²) >= 11 is 0. The fourth-order valence-electron chi connectivity index (χ4n) is 1.44. The number of hydrazone groups is 1. The second kappa shape index (κ2) is 2.12. The van der Waals surface area contributed by atoms with Gasteiger partial charge in [-0.15, -0.1) is 0 Å². The van der Waals surface area contributed by atoms with Crippen LogP contribution in [0.1, 0.15) is 13.8 Å². The third-order valence-corrected chi connectivity index (χ3v) is 1.85. The highest BCUT2D eigenvalue weighted by Crippen LogP contribution is 2.16. The molecule has 11 heavy (non-hydrogen) atoms. The van der Waals surface area contributed by atoms with Crippen LogP contribution in [0.3, 0.4) is 0 Å². The van der Waals surface area contributed by atoms with Crippen LogP contribution in [0.25, 0.3) is 0 Å². The van der Waals surface area contributed by atoms with Gasteiger partial charge in [-0.2, -0.15) is 5.10 Å². The SMILES string of the molecule is CC1=CN2CNN=C2C(C)=C1. The van der Waals surface area contributed by atoms with Crippen molar-refractivity contribution in [2.24, 2.45) is 5.10 Å². The van der Waals surface area contributed by atoms with Gasteiger partial charge >= 0.3 is 0 Å². The number of hydrogen-bond donors (Lipinski definition) is 1. The minimum atomic E-state index is 0.803.